The predicted octanol–water partition coefficient (Wildman–Crippen LogP) is 2.79. The minimum atomic E-state index is 0.643. The van der Waals surface area contributed by atoms with Crippen molar-refractivity contribution in [3.63, 3.8) is 0 Å². The van der Waals surface area contributed by atoms with Crippen LogP contribution in [-0.4, -0.2) is 16.9 Å². The van der Waals surface area contributed by atoms with Gasteiger partial charge in [0.15, 0.2) is 0 Å². The number of aryl methyl sites for hydroxylation is 1. The number of benzene rings is 1. The summed E-state index contributed by atoms with van der Waals surface area (Å²) in [6, 6.07) is 6.58. The third kappa shape index (κ3) is 1.93. The number of hydrogen-bond acceptors (Lipinski definition) is 0. The van der Waals surface area contributed by atoms with Crippen LogP contribution in [0.1, 0.15) is 36.5 Å². The average Bonchev–Trinajstić information content (AvgIpc) is 2.03. The van der Waals surface area contributed by atoms with Crippen molar-refractivity contribution in [2.75, 3.05) is 0 Å². The zero-order valence-electron chi connectivity index (χ0n) is 7.96. The molecule has 12 heavy (non-hydrogen) atoms. The van der Waals surface area contributed by atoms with Crippen LogP contribution in [-0.2, 0) is 5.21 Å². The number of rotatable bonds is 2. The Hall–Kier alpha value is -0.222. The molecule has 0 fully saturated rings. The quantitative estimate of drug-likeness (QED) is 0.675. The molecule has 0 aliphatic carbocycles. The van der Waals surface area contributed by atoms with E-state index in [0.29, 0.717) is 5.92 Å². The summed E-state index contributed by atoms with van der Waals surface area (Å²) in [7, 11) is 0. The molecule has 64 valence electrons. The summed E-state index contributed by atoms with van der Waals surface area (Å²) in [5, 5.41) is 1.09. The molecular formula is C11H15As. The van der Waals surface area contributed by atoms with Crippen molar-refractivity contribution in [2.24, 2.45) is 0 Å². The average molecular weight is 222 g/mol. The van der Waals surface area contributed by atoms with Gasteiger partial charge in [0, 0.05) is 0 Å². The molecule has 0 spiro atoms. The Morgan fingerprint density at radius 3 is 2.42 bits per heavy atom. The fourth-order valence-corrected chi connectivity index (χ4v) is 2.39. The topological polar surface area (TPSA) is 0 Å². The molecule has 0 aromatic heterocycles. The molecule has 0 aliphatic heterocycles. The van der Waals surface area contributed by atoms with E-state index in [-0.39, 0.29) is 0 Å². The van der Waals surface area contributed by atoms with E-state index in [1.54, 1.807) is 0 Å². The second-order valence-corrected chi connectivity index (χ2v) is 4.12. The van der Waals surface area contributed by atoms with E-state index < -0.39 is 0 Å². The van der Waals surface area contributed by atoms with E-state index in [1.165, 1.54) is 16.7 Å². The van der Waals surface area contributed by atoms with Crippen molar-refractivity contribution in [3.05, 3.63) is 34.9 Å². The molecule has 0 unspecified atom stereocenters. The van der Waals surface area contributed by atoms with Gasteiger partial charge in [0.25, 0.3) is 0 Å². The van der Waals surface area contributed by atoms with Gasteiger partial charge in [0.05, 0.1) is 0 Å². The van der Waals surface area contributed by atoms with Gasteiger partial charge >= 0.3 is 83.6 Å². The molecule has 0 nitrogen and oxygen atoms in total. The summed E-state index contributed by atoms with van der Waals surface area (Å²) >= 11 is 2.66. The second kappa shape index (κ2) is 4.14. The summed E-state index contributed by atoms with van der Waals surface area (Å²) in [6.45, 7) is 6.69. The molecule has 0 aliphatic rings. The molecule has 0 bridgehead atoms. The van der Waals surface area contributed by atoms with Crippen molar-refractivity contribution in [3.8, 4) is 0 Å². The van der Waals surface area contributed by atoms with E-state index in [2.05, 4.69) is 55.8 Å². The van der Waals surface area contributed by atoms with Crippen LogP contribution in [0.25, 0.3) is 0 Å². The maximum atomic E-state index is 2.66. The predicted molar refractivity (Wildman–Crippen MR) is 54.7 cm³/mol. The monoisotopic (exact) mass is 222 g/mol. The van der Waals surface area contributed by atoms with Crippen LogP contribution < -0.4 is 0 Å². The molecule has 1 aromatic rings. The first-order valence-corrected chi connectivity index (χ1v) is 5.68. The first-order chi connectivity index (χ1) is 5.66. The van der Waals surface area contributed by atoms with Crippen molar-refractivity contribution < 1.29 is 0 Å². The third-order valence-electron chi connectivity index (χ3n) is 2.23. The Bertz CT molecular complexity index is 264. The first-order valence-electron chi connectivity index (χ1n) is 4.36. The van der Waals surface area contributed by atoms with E-state index in [1.807, 2.05) is 0 Å². The maximum absolute atomic E-state index is 2.66. The van der Waals surface area contributed by atoms with E-state index in [4.69, 9.17) is 0 Å². The van der Waals surface area contributed by atoms with Gasteiger partial charge in [-0.2, -0.15) is 0 Å². The van der Waals surface area contributed by atoms with Gasteiger partial charge < -0.3 is 0 Å². The first kappa shape index (κ1) is 9.86. The summed E-state index contributed by atoms with van der Waals surface area (Å²) in [5.41, 5.74) is 4.42. The van der Waals surface area contributed by atoms with Gasteiger partial charge in [-0.15, -0.1) is 0 Å². The molecule has 0 heterocycles. The third-order valence-corrected chi connectivity index (χ3v) is 2.89. The Kier molecular flexibility index (Phi) is 3.40. The molecule has 1 aromatic carbocycles. The fraction of sp³-hybridized carbons (Fsp3) is 0.455. The summed E-state index contributed by atoms with van der Waals surface area (Å²) in [5.74, 6) is 0.643. The molecule has 0 saturated carbocycles. The molecule has 0 atom stereocenters. The van der Waals surface area contributed by atoms with Crippen molar-refractivity contribution in [2.45, 2.75) is 31.9 Å². The van der Waals surface area contributed by atoms with Crippen LogP contribution in [0.3, 0.4) is 0 Å². The van der Waals surface area contributed by atoms with Crippen molar-refractivity contribution in [1.29, 1.82) is 0 Å². The normalized spacial score (nSPS) is 10.8. The Morgan fingerprint density at radius 1 is 1.33 bits per heavy atom. The van der Waals surface area contributed by atoms with Gasteiger partial charge in [-0.1, -0.05) is 0 Å². The van der Waals surface area contributed by atoms with Crippen LogP contribution in [0.15, 0.2) is 18.2 Å². The molecule has 0 N–H and O–H groups in total. The molecular weight excluding hydrogens is 207 g/mol. The minimum absolute atomic E-state index is 0.643. The number of hydrogen-bond donors (Lipinski definition) is 0. The Labute approximate surface area is 83.9 Å². The van der Waals surface area contributed by atoms with E-state index in [0.717, 1.165) is 5.21 Å². The van der Waals surface area contributed by atoms with Crippen LogP contribution >= 0.6 is 0 Å². The molecule has 0 saturated heterocycles. The summed E-state index contributed by atoms with van der Waals surface area (Å²) in [6.07, 6.45) is 0. The zero-order chi connectivity index (χ0) is 9.14. The Morgan fingerprint density at radius 2 is 2.00 bits per heavy atom. The van der Waals surface area contributed by atoms with Gasteiger partial charge in [-0.25, -0.2) is 0 Å². The van der Waals surface area contributed by atoms with Crippen LogP contribution in [0.4, 0.5) is 0 Å². The van der Waals surface area contributed by atoms with Crippen LogP contribution in [0, 0.1) is 6.92 Å². The molecule has 0 amide bonds. The van der Waals surface area contributed by atoms with Gasteiger partial charge in [-0.05, 0) is 0 Å². The SMILES string of the molecule is Cc1cccc(C(C)C)c1C[As]. The van der Waals surface area contributed by atoms with Crippen LogP contribution in [0.5, 0.6) is 0 Å². The fourth-order valence-electron chi connectivity index (χ4n) is 1.48. The van der Waals surface area contributed by atoms with Gasteiger partial charge in [0.1, 0.15) is 0 Å². The molecule has 2 radical (unpaired) electrons. The Balaban J connectivity index is 3.18. The van der Waals surface area contributed by atoms with E-state index >= 15 is 0 Å². The van der Waals surface area contributed by atoms with Gasteiger partial charge in [0.2, 0.25) is 0 Å². The van der Waals surface area contributed by atoms with Crippen molar-refractivity contribution >= 4 is 16.9 Å². The van der Waals surface area contributed by atoms with Crippen molar-refractivity contribution in [1.82, 2.24) is 0 Å². The molecule has 1 rings (SSSR count). The zero-order valence-corrected chi connectivity index (χ0v) is 9.84. The summed E-state index contributed by atoms with van der Waals surface area (Å²) in [4.78, 5) is 0. The van der Waals surface area contributed by atoms with E-state index in [9.17, 15) is 0 Å². The summed E-state index contributed by atoms with van der Waals surface area (Å²) < 4.78 is 0. The standard InChI is InChI=1S/C11H15As/c1-8(2)10-6-4-5-9(3)11(10)7-12/h4-6,8H,7H2,1-3H3. The second-order valence-electron chi connectivity index (χ2n) is 3.46. The van der Waals surface area contributed by atoms with Crippen LogP contribution in [0.2, 0.25) is 0 Å². The van der Waals surface area contributed by atoms with Gasteiger partial charge in [-0.3, -0.25) is 0 Å². The molecule has 1 heteroatoms.